The molecule has 0 bridgehead atoms. The zero-order chi connectivity index (χ0) is 24.2. The van der Waals surface area contributed by atoms with Crippen LogP contribution < -0.4 is 9.47 Å². The fourth-order valence-electron chi connectivity index (χ4n) is 5.08. The van der Waals surface area contributed by atoms with E-state index < -0.39 is 0 Å². The van der Waals surface area contributed by atoms with Crippen molar-refractivity contribution in [3.8, 4) is 11.5 Å². The predicted molar refractivity (Wildman–Crippen MR) is 139 cm³/mol. The minimum absolute atomic E-state index is 0.0775. The summed E-state index contributed by atoms with van der Waals surface area (Å²) in [5.74, 6) is 1.51. The first-order chi connectivity index (χ1) is 17.1. The van der Waals surface area contributed by atoms with Gasteiger partial charge in [-0.2, -0.15) is 0 Å². The van der Waals surface area contributed by atoms with Crippen molar-refractivity contribution in [2.75, 3.05) is 20.2 Å². The van der Waals surface area contributed by atoms with Crippen LogP contribution in [-0.2, 0) is 18.4 Å². The summed E-state index contributed by atoms with van der Waals surface area (Å²) in [4.78, 5) is 15.3. The van der Waals surface area contributed by atoms with Crippen LogP contribution in [0, 0.1) is 0 Å². The van der Waals surface area contributed by atoms with Gasteiger partial charge < -0.3 is 18.9 Å². The van der Waals surface area contributed by atoms with E-state index in [-0.39, 0.29) is 11.8 Å². The average molecular weight is 469 g/mol. The van der Waals surface area contributed by atoms with Crippen molar-refractivity contribution in [3.63, 3.8) is 0 Å². The molecule has 0 radical (unpaired) electrons. The van der Waals surface area contributed by atoms with Gasteiger partial charge in [0.05, 0.1) is 7.11 Å². The maximum Gasteiger partial charge on any atom is 0.223 e. The lowest BCUT2D eigenvalue weighted by Crippen LogP contribution is -2.29. The standard InChI is InChI=1S/C30H32N2O3/c1-31-20-26(24-12-6-7-13-27(24)31)25(19-30(33)32-16-8-9-17-32)23-14-15-28(29(18-23)34-2)35-21-22-10-4-3-5-11-22/h3-7,10-15,18,20,25H,8-9,16-17,19,21H2,1-2H3/t25-/m1/s1. The molecule has 5 heteroatoms. The fraction of sp³-hybridized carbons (Fsp3) is 0.300. The van der Waals surface area contributed by atoms with Crippen LogP contribution in [0.1, 0.15) is 41.9 Å². The molecular weight excluding hydrogens is 436 g/mol. The first-order valence-electron chi connectivity index (χ1n) is 12.3. The summed E-state index contributed by atoms with van der Waals surface area (Å²) in [6.07, 6.45) is 4.78. The van der Waals surface area contributed by atoms with Crippen LogP contribution in [0.3, 0.4) is 0 Å². The number of aromatic nitrogens is 1. The zero-order valence-corrected chi connectivity index (χ0v) is 20.4. The molecule has 1 atom stereocenters. The first-order valence-corrected chi connectivity index (χ1v) is 12.3. The summed E-state index contributed by atoms with van der Waals surface area (Å²) in [7, 11) is 3.73. The van der Waals surface area contributed by atoms with Crippen LogP contribution in [0.2, 0.25) is 0 Å². The van der Waals surface area contributed by atoms with E-state index in [1.165, 1.54) is 5.39 Å². The molecule has 1 aliphatic rings. The Morgan fingerprint density at radius 3 is 2.46 bits per heavy atom. The number of carbonyl (C=O) groups excluding carboxylic acids is 1. The number of benzene rings is 3. The van der Waals surface area contributed by atoms with Crippen LogP contribution in [0.15, 0.2) is 79.0 Å². The third kappa shape index (κ3) is 4.90. The molecule has 2 heterocycles. The van der Waals surface area contributed by atoms with Crippen molar-refractivity contribution in [1.82, 2.24) is 9.47 Å². The molecule has 0 spiro atoms. The second-order valence-electron chi connectivity index (χ2n) is 9.24. The number of hydrogen-bond acceptors (Lipinski definition) is 3. The van der Waals surface area contributed by atoms with Gasteiger partial charge in [-0.3, -0.25) is 4.79 Å². The Morgan fingerprint density at radius 2 is 1.69 bits per heavy atom. The Morgan fingerprint density at radius 1 is 0.943 bits per heavy atom. The van der Waals surface area contributed by atoms with Crippen molar-refractivity contribution >= 4 is 16.8 Å². The van der Waals surface area contributed by atoms with Crippen LogP contribution in [-0.4, -0.2) is 35.6 Å². The molecule has 180 valence electrons. The molecular formula is C30H32N2O3. The number of rotatable bonds is 8. The number of fused-ring (bicyclic) bond motifs is 1. The molecule has 3 aromatic carbocycles. The van der Waals surface area contributed by atoms with Crippen molar-refractivity contribution in [2.24, 2.45) is 7.05 Å². The van der Waals surface area contributed by atoms with Crippen LogP contribution >= 0.6 is 0 Å². The molecule has 5 nitrogen and oxygen atoms in total. The minimum Gasteiger partial charge on any atom is -0.493 e. The Kier molecular flexibility index (Phi) is 6.75. The van der Waals surface area contributed by atoms with Gasteiger partial charge in [0, 0.05) is 49.6 Å². The SMILES string of the molecule is COc1cc([C@@H](CC(=O)N2CCCC2)c2cn(C)c3ccccc23)ccc1OCc1ccccc1. The molecule has 1 aliphatic heterocycles. The van der Waals surface area contributed by atoms with Crippen molar-refractivity contribution < 1.29 is 14.3 Å². The summed E-state index contributed by atoms with van der Waals surface area (Å²) < 4.78 is 14.0. The summed E-state index contributed by atoms with van der Waals surface area (Å²) in [5, 5.41) is 1.18. The Hall–Kier alpha value is -3.73. The Bertz CT molecular complexity index is 1310. The highest BCUT2D eigenvalue weighted by Crippen LogP contribution is 2.39. The molecule has 0 unspecified atom stereocenters. The lowest BCUT2D eigenvalue weighted by molar-refractivity contribution is -0.130. The van der Waals surface area contributed by atoms with Gasteiger partial charge in [-0.15, -0.1) is 0 Å². The monoisotopic (exact) mass is 468 g/mol. The van der Waals surface area contributed by atoms with Gasteiger partial charge in [0.1, 0.15) is 6.61 Å². The molecule has 0 N–H and O–H groups in total. The van der Waals surface area contributed by atoms with E-state index in [9.17, 15) is 4.79 Å². The highest BCUT2D eigenvalue weighted by molar-refractivity contribution is 5.86. The number of nitrogens with zero attached hydrogens (tertiary/aromatic N) is 2. The van der Waals surface area contributed by atoms with Crippen LogP contribution in [0.25, 0.3) is 10.9 Å². The summed E-state index contributed by atoms with van der Waals surface area (Å²) in [6.45, 7) is 2.18. The zero-order valence-electron chi connectivity index (χ0n) is 20.4. The first kappa shape index (κ1) is 23.0. The number of aryl methyl sites for hydroxylation is 1. The van der Waals surface area contributed by atoms with Gasteiger partial charge in [0.15, 0.2) is 11.5 Å². The van der Waals surface area contributed by atoms with Gasteiger partial charge in [-0.25, -0.2) is 0 Å². The third-order valence-electron chi connectivity index (χ3n) is 6.97. The number of amides is 1. The van der Waals surface area contributed by atoms with Crippen LogP contribution in [0.5, 0.6) is 11.5 Å². The Balaban J connectivity index is 1.49. The topological polar surface area (TPSA) is 43.7 Å². The van der Waals surface area contributed by atoms with Crippen molar-refractivity contribution in [3.05, 3.63) is 95.7 Å². The lowest BCUT2D eigenvalue weighted by atomic mass is 9.87. The number of hydrogen-bond donors (Lipinski definition) is 0. The van der Waals surface area contributed by atoms with Gasteiger partial charge in [0.2, 0.25) is 5.91 Å². The number of para-hydroxylation sites is 1. The highest BCUT2D eigenvalue weighted by atomic mass is 16.5. The second kappa shape index (κ2) is 10.3. The number of likely N-dealkylation sites (tertiary alicyclic amines) is 1. The summed E-state index contributed by atoms with van der Waals surface area (Å²) in [6, 6.07) is 24.6. The number of methoxy groups -OCH3 is 1. The molecule has 4 aromatic rings. The van der Waals surface area contributed by atoms with E-state index in [1.54, 1.807) is 7.11 Å². The largest absolute Gasteiger partial charge is 0.493 e. The quantitative estimate of drug-likeness (QED) is 0.323. The fourth-order valence-corrected chi connectivity index (χ4v) is 5.08. The van der Waals surface area contributed by atoms with E-state index in [0.717, 1.165) is 48.1 Å². The normalized spacial score (nSPS) is 14.3. The maximum atomic E-state index is 13.3. The second-order valence-corrected chi connectivity index (χ2v) is 9.24. The van der Waals surface area contributed by atoms with Gasteiger partial charge in [-0.05, 0) is 47.7 Å². The molecule has 1 aromatic heterocycles. The highest BCUT2D eigenvalue weighted by Gasteiger charge is 2.27. The third-order valence-corrected chi connectivity index (χ3v) is 6.97. The van der Waals surface area contributed by atoms with E-state index in [0.29, 0.717) is 24.5 Å². The average Bonchev–Trinajstić information content (AvgIpc) is 3.55. The number of carbonyl (C=O) groups is 1. The molecule has 5 rings (SSSR count). The van der Waals surface area contributed by atoms with Crippen molar-refractivity contribution in [2.45, 2.75) is 31.8 Å². The molecule has 1 amide bonds. The maximum absolute atomic E-state index is 13.3. The molecule has 35 heavy (non-hydrogen) atoms. The van der Waals surface area contributed by atoms with E-state index >= 15 is 0 Å². The van der Waals surface area contributed by atoms with Crippen molar-refractivity contribution in [1.29, 1.82) is 0 Å². The molecule has 0 saturated carbocycles. The van der Waals surface area contributed by atoms with E-state index in [1.807, 2.05) is 47.4 Å². The summed E-state index contributed by atoms with van der Waals surface area (Å²) in [5.41, 5.74) is 4.48. The smallest absolute Gasteiger partial charge is 0.223 e. The van der Waals surface area contributed by atoms with Crippen LogP contribution in [0.4, 0.5) is 0 Å². The van der Waals surface area contributed by atoms with E-state index in [4.69, 9.17) is 9.47 Å². The molecule has 0 aliphatic carbocycles. The Labute approximate surface area is 206 Å². The van der Waals surface area contributed by atoms with Gasteiger partial charge in [0.25, 0.3) is 0 Å². The number of ether oxygens (including phenoxy) is 2. The summed E-state index contributed by atoms with van der Waals surface area (Å²) >= 11 is 0. The molecule has 1 saturated heterocycles. The lowest BCUT2D eigenvalue weighted by Gasteiger charge is -2.22. The molecule has 1 fully saturated rings. The van der Waals surface area contributed by atoms with Gasteiger partial charge in [-0.1, -0.05) is 54.6 Å². The van der Waals surface area contributed by atoms with Gasteiger partial charge >= 0.3 is 0 Å². The van der Waals surface area contributed by atoms with E-state index in [2.05, 4.69) is 48.1 Å². The minimum atomic E-state index is -0.0775. The predicted octanol–water partition coefficient (Wildman–Crippen LogP) is 5.91.